The number of rotatable bonds is 7. The Balaban J connectivity index is 1.93. The highest BCUT2D eigenvalue weighted by atomic mass is 79.9. The number of carbonyl (C=O) groups excluding carboxylic acids is 1. The average molecular weight is 376 g/mol. The number of aryl methyl sites for hydroxylation is 1. The first-order valence-corrected chi connectivity index (χ1v) is 8.67. The van der Waals surface area contributed by atoms with Gasteiger partial charge in [0.1, 0.15) is 5.69 Å². The van der Waals surface area contributed by atoms with Crippen molar-refractivity contribution in [3.05, 3.63) is 52.3 Å². The number of nitrogens with zero attached hydrogens (tertiary/aromatic N) is 1. The molecular weight excluding hydrogens is 354 g/mol. The fourth-order valence-electron chi connectivity index (χ4n) is 2.16. The number of halogens is 1. The van der Waals surface area contributed by atoms with Gasteiger partial charge in [-0.3, -0.25) is 4.79 Å². The van der Waals surface area contributed by atoms with Crippen molar-refractivity contribution in [3.63, 3.8) is 0 Å². The molecule has 1 aromatic heterocycles. The molecule has 122 valence electrons. The summed E-state index contributed by atoms with van der Waals surface area (Å²) in [6.45, 7) is 4.88. The Labute approximate surface area is 145 Å². The lowest BCUT2D eigenvalue weighted by Crippen LogP contribution is -2.25. The molecule has 0 bridgehead atoms. The van der Waals surface area contributed by atoms with E-state index in [0.29, 0.717) is 12.2 Å². The zero-order valence-electron chi connectivity index (χ0n) is 13.5. The van der Waals surface area contributed by atoms with Gasteiger partial charge in [0.05, 0.1) is 11.9 Å². The lowest BCUT2D eigenvalue weighted by atomic mass is 10.2. The third-order valence-corrected chi connectivity index (χ3v) is 4.40. The second kappa shape index (κ2) is 8.67. The number of benzene rings is 1. The van der Waals surface area contributed by atoms with Crippen LogP contribution in [0.3, 0.4) is 0 Å². The van der Waals surface area contributed by atoms with E-state index in [1.165, 1.54) is 0 Å². The molecule has 0 fully saturated rings. The summed E-state index contributed by atoms with van der Waals surface area (Å²) < 4.78 is 1.08. The van der Waals surface area contributed by atoms with Gasteiger partial charge in [-0.15, -0.1) is 0 Å². The molecule has 0 radical (unpaired) electrons. The van der Waals surface area contributed by atoms with Crippen molar-refractivity contribution in [3.8, 4) is 0 Å². The smallest absolute Gasteiger partial charge is 0.269 e. The lowest BCUT2D eigenvalue weighted by Gasteiger charge is -2.09. The van der Waals surface area contributed by atoms with E-state index in [4.69, 9.17) is 0 Å². The quantitative estimate of drug-likeness (QED) is 0.682. The van der Waals surface area contributed by atoms with Crippen molar-refractivity contribution in [1.29, 1.82) is 0 Å². The Bertz CT molecular complexity index is 656. The molecule has 4 nitrogen and oxygen atoms in total. The molecule has 0 spiro atoms. The third-order valence-electron chi connectivity index (χ3n) is 3.51. The average Bonchev–Trinajstić information content (AvgIpc) is 2.55. The van der Waals surface area contributed by atoms with Crippen molar-refractivity contribution in [2.45, 2.75) is 33.1 Å². The molecule has 1 amide bonds. The first kappa shape index (κ1) is 17.5. The predicted molar refractivity (Wildman–Crippen MR) is 98.3 cm³/mol. The van der Waals surface area contributed by atoms with Crippen LogP contribution in [-0.4, -0.2) is 17.4 Å². The van der Waals surface area contributed by atoms with E-state index >= 15 is 0 Å². The summed E-state index contributed by atoms with van der Waals surface area (Å²) in [6, 6.07) is 9.65. The third kappa shape index (κ3) is 5.36. The van der Waals surface area contributed by atoms with Gasteiger partial charge in [-0.05, 0) is 49.2 Å². The van der Waals surface area contributed by atoms with E-state index in [1.807, 2.05) is 25.1 Å². The molecule has 2 rings (SSSR count). The summed E-state index contributed by atoms with van der Waals surface area (Å²) in [5, 5.41) is 6.17. The Kier molecular flexibility index (Phi) is 6.59. The lowest BCUT2D eigenvalue weighted by molar-refractivity contribution is 0.0948. The summed E-state index contributed by atoms with van der Waals surface area (Å²) in [4.78, 5) is 16.2. The molecule has 23 heavy (non-hydrogen) atoms. The minimum Gasteiger partial charge on any atom is -0.354 e. The number of anilines is 2. The van der Waals surface area contributed by atoms with E-state index in [0.717, 1.165) is 40.7 Å². The number of carbonyl (C=O) groups is 1. The van der Waals surface area contributed by atoms with Crippen molar-refractivity contribution in [1.82, 2.24) is 10.3 Å². The number of nitrogens with one attached hydrogen (secondary N) is 2. The maximum Gasteiger partial charge on any atom is 0.269 e. The minimum absolute atomic E-state index is 0.118. The van der Waals surface area contributed by atoms with Crippen molar-refractivity contribution < 1.29 is 4.79 Å². The van der Waals surface area contributed by atoms with Crippen LogP contribution in [0.1, 0.15) is 42.2 Å². The first-order chi connectivity index (χ1) is 11.1. The van der Waals surface area contributed by atoms with E-state index in [2.05, 4.69) is 44.5 Å². The number of amides is 1. The molecule has 0 saturated heterocycles. The summed E-state index contributed by atoms with van der Waals surface area (Å²) >= 11 is 3.49. The van der Waals surface area contributed by atoms with Gasteiger partial charge < -0.3 is 10.6 Å². The Morgan fingerprint density at radius 2 is 1.96 bits per heavy atom. The van der Waals surface area contributed by atoms with Crippen molar-refractivity contribution in [2.75, 3.05) is 11.9 Å². The zero-order chi connectivity index (χ0) is 16.7. The Hall–Kier alpha value is -1.88. The number of unbranched alkanes of at least 4 members (excludes halogenated alkanes) is 2. The van der Waals surface area contributed by atoms with E-state index < -0.39 is 0 Å². The monoisotopic (exact) mass is 375 g/mol. The fourth-order valence-corrected chi connectivity index (χ4v) is 2.41. The molecule has 0 unspecified atom stereocenters. The summed E-state index contributed by atoms with van der Waals surface area (Å²) in [7, 11) is 0. The highest BCUT2D eigenvalue weighted by Gasteiger charge is 2.06. The molecule has 5 heteroatoms. The second-order valence-electron chi connectivity index (χ2n) is 5.48. The summed E-state index contributed by atoms with van der Waals surface area (Å²) in [6.07, 6.45) is 4.95. The number of pyridine rings is 1. The summed E-state index contributed by atoms with van der Waals surface area (Å²) in [5.74, 6) is -0.118. The first-order valence-electron chi connectivity index (χ1n) is 7.87. The van der Waals surface area contributed by atoms with Crippen molar-refractivity contribution >= 4 is 33.2 Å². The predicted octanol–water partition coefficient (Wildman–Crippen LogP) is 4.82. The SMILES string of the molecule is CCCCCNC(=O)c1ccc(Nc2ccc(Br)c(C)c2)cn1. The van der Waals surface area contributed by atoms with Gasteiger partial charge in [0.15, 0.2) is 0 Å². The van der Waals surface area contributed by atoms with Crippen LogP contribution in [0.2, 0.25) is 0 Å². The van der Waals surface area contributed by atoms with E-state index in [9.17, 15) is 4.79 Å². The largest absolute Gasteiger partial charge is 0.354 e. The van der Waals surface area contributed by atoms with Crippen LogP contribution in [-0.2, 0) is 0 Å². The van der Waals surface area contributed by atoms with Gasteiger partial charge in [-0.2, -0.15) is 0 Å². The minimum atomic E-state index is -0.118. The standard InChI is InChI=1S/C18H22BrN3O/c1-3-4-5-10-20-18(23)17-9-7-15(12-21-17)22-14-6-8-16(19)13(2)11-14/h6-9,11-12,22H,3-5,10H2,1-2H3,(H,20,23). The number of aromatic nitrogens is 1. The maximum atomic E-state index is 12.0. The maximum absolute atomic E-state index is 12.0. The van der Waals surface area contributed by atoms with Crippen LogP contribution in [0, 0.1) is 6.92 Å². The van der Waals surface area contributed by atoms with Gasteiger partial charge in [0.2, 0.25) is 0 Å². The van der Waals surface area contributed by atoms with Gasteiger partial charge in [0, 0.05) is 16.7 Å². The molecule has 0 aliphatic heterocycles. The molecule has 0 aliphatic rings. The van der Waals surface area contributed by atoms with Crippen molar-refractivity contribution in [2.24, 2.45) is 0 Å². The normalized spacial score (nSPS) is 10.4. The molecule has 2 aromatic rings. The van der Waals surface area contributed by atoms with Gasteiger partial charge in [-0.25, -0.2) is 4.98 Å². The van der Waals surface area contributed by atoms with Gasteiger partial charge in [0.25, 0.3) is 5.91 Å². The molecule has 1 heterocycles. The fraction of sp³-hybridized carbons (Fsp3) is 0.333. The van der Waals surface area contributed by atoms with Crippen LogP contribution in [0.5, 0.6) is 0 Å². The molecule has 0 saturated carbocycles. The van der Waals surface area contributed by atoms with Crippen LogP contribution in [0.15, 0.2) is 41.0 Å². The molecule has 1 aromatic carbocycles. The highest BCUT2D eigenvalue weighted by molar-refractivity contribution is 9.10. The number of hydrogen-bond acceptors (Lipinski definition) is 3. The molecule has 0 aliphatic carbocycles. The second-order valence-corrected chi connectivity index (χ2v) is 6.34. The Morgan fingerprint density at radius 1 is 1.17 bits per heavy atom. The Morgan fingerprint density at radius 3 is 2.61 bits per heavy atom. The molecule has 2 N–H and O–H groups in total. The van der Waals surface area contributed by atoms with E-state index in [-0.39, 0.29) is 5.91 Å². The topological polar surface area (TPSA) is 54.0 Å². The van der Waals surface area contributed by atoms with Gasteiger partial charge >= 0.3 is 0 Å². The van der Waals surface area contributed by atoms with Crippen LogP contribution in [0.25, 0.3) is 0 Å². The van der Waals surface area contributed by atoms with Crippen LogP contribution >= 0.6 is 15.9 Å². The van der Waals surface area contributed by atoms with Gasteiger partial charge in [-0.1, -0.05) is 35.7 Å². The molecule has 0 atom stereocenters. The summed E-state index contributed by atoms with van der Waals surface area (Å²) in [5.41, 5.74) is 3.45. The van der Waals surface area contributed by atoms with Crippen LogP contribution < -0.4 is 10.6 Å². The van der Waals surface area contributed by atoms with Crippen LogP contribution in [0.4, 0.5) is 11.4 Å². The molecular formula is C18H22BrN3O. The zero-order valence-corrected chi connectivity index (χ0v) is 15.1. The highest BCUT2D eigenvalue weighted by Crippen LogP contribution is 2.22. The number of hydrogen-bond donors (Lipinski definition) is 2. The van der Waals surface area contributed by atoms with E-state index in [1.54, 1.807) is 12.3 Å².